The topological polar surface area (TPSA) is 105 Å². The van der Waals surface area contributed by atoms with Gasteiger partial charge in [0, 0.05) is 12.8 Å². The van der Waals surface area contributed by atoms with E-state index < -0.39 is 50.4 Å². The van der Waals surface area contributed by atoms with E-state index >= 15 is 0 Å². The number of rotatable bonds is 10. The van der Waals surface area contributed by atoms with Crippen LogP contribution in [0.25, 0.3) is 0 Å². The van der Waals surface area contributed by atoms with Crippen LogP contribution in [0.2, 0.25) is 0 Å². The molecule has 2 aromatic carbocycles. The predicted molar refractivity (Wildman–Crippen MR) is 124 cm³/mol. The van der Waals surface area contributed by atoms with Crippen LogP contribution in [0.4, 0.5) is 0 Å². The molecule has 0 spiro atoms. The summed E-state index contributed by atoms with van der Waals surface area (Å²) in [4.78, 5) is 0. The maximum absolute atomic E-state index is 12.1. The van der Waals surface area contributed by atoms with Gasteiger partial charge in [-0.15, -0.1) is 0 Å². The van der Waals surface area contributed by atoms with Gasteiger partial charge in [0.2, 0.25) is 0 Å². The van der Waals surface area contributed by atoms with Gasteiger partial charge in [0.1, 0.15) is 24.4 Å². The molecule has 0 aliphatic carbocycles. The molecule has 0 saturated carbocycles. The highest BCUT2D eigenvalue weighted by molar-refractivity contribution is 7.86. The summed E-state index contributed by atoms with van der Waals surface area (Å²) in [5.74, 6) is -1.11. The number of hydrogen-bond donors (Lipinski definition) is 0. The molecule has 0 radical (unpaired) electrons. The molecule has 0 bridgehead atoms. The van der Waals surface area contributed by atoms with Crippen LogP contribution in [-0.4, -0.2) is 59.6 Å². The number of ether oxygens (including phenoxy) is 2. The van der Waals surface area contributed by atoms with E-state index in [1.54, 1.807) is 13.8 Å². The minimum absolute atomic E-state index is 0.214. The molecular formula is C23H30O8S2. The number of hydrogen-bond acceptors (Lipinski definition) is 8. The average Bonchev–Trinajstić information content (AvgIpc) is 3.02. The maximum Gasteiger partial charge on any atom is 0.264 e. The summed E-state index contributed by atoms with van der Waals surface area (Å²) in [6, 6.07) is 18.5. The molecule has 4 atom stereocenters. The first-order valence-corrected chi connectivity index (χ1v) is 14.1. The summed E-state index contributed by atoms with van der Waals surface area (Å²) < 4.78 is 71.5. The zero-order valence-corrected chi connectivity index (χ0v) is 20.7. The van der Waals surface area contributed by atoms with Gasteiger partial charge in [-0.2, -0.15) is 16.8 Å². The quantitative estimate of drug-likeness (QED) is 0.461. The molecule has 2 aromatic rings. The van der Waals surface area contributed by atoms with Crippen LogP contribution in [0.15, 0.2) is 60.7 Å². The van der Waals surface area contributed by atoms with E-state index in [-0.39, 0.29) is 12.8 Å². The lowest BCUT2D eigenvalue weighted by molar-refractivity contribution is -0.158. The SMILES string of the molecule is CC1(C)O[C@@H]([C@@H](Cc2ccccc2)OS(C)(=O)=O)[C@H]([C@@H](Cc2ccccc2)OS(C)(=O)=O)O1. The third kappa shape index (κ3) is 8.16. The van der Waals surface area contributed by atoms with E-state index in [1.165, 1.54) is 0 Å². The molecule has 1 fully saturated rings. The molecule has 0 aromatic heterocycles. The van der Waals surface area contributed by atoms with Crippen LogP contribution in [0, 0.1) is 0 Å². The van der Waals surface area contributed by atoms with Gasteiger partial charge >= 0.3 is 0 Å². The second kappa shape index (κ2) is 10.2. The Bertz CT molecular complexity index is 1030. The Balaban J connectivity index is 1.99. The molecule has 8 nitrogen and oxygen atoms in total. The molecule has 1 heterocycles. The third-order valence-corrected chi connectivity index (χ3v) is 6.25. The lowest BCUT2D eigenvalue weighted by atomic mass is 9.94. The van der Waals surface area contributed by atoms with Crippen molar-refractivity contribution in [2.24, 2.45) is 0 Å². The normalized spacial score (nSPS) is 22.7. The monoisotopic (exact) mass is 498 g/mol. The Labute approximate surface area is 196 Å². The molecule has 182 valence electrons. The fourth-order valence-electron chi connectivity index (χ4n) is 3.94. The van der Waals surface area contributed by atoms with Gasteiger partial charge in [0.15, 0.2) is 5.79 Å². The molecule has 1 saturated heterocycles. The maximum atomic E-state index is 12.1. The van der Waals surface area contributed by atoms with Crippen LogP contribution in [-0.2, 0) is 50.9 Å². The van der Waals surface area contributed by atoms with E-state index in [0.29, 0.717) is 0 Å². The van der Waals surface area contributed by atoms with Crippen molar-refractivity contribution in [1.29, 1.82) is 0 Å². The van der Waals surface area contributed by atoms with Crippen molar-refractivity contribution in [3.63, 3.8) is 0 Å². The molecule has 3 rings (SSSR count). The summed E-state index contributed by atoms with van der Waals surface area (Å²) in [6.07, 6.45) is -1.39. The first-order chi connectivity index (χ1) is 15.3. The molecule has 1 aliphatic rings. The highest BCUT2D eigenvalue weighted by atomic mass is 32.2. The second-order valence-electron chi connectivity index (χ2n) is 8.62. The third-order valence-electron chi connectivity index (χ3n) is 5.05. The minimum atomic E-state index is -3.86. The van der Waals surface area contributed by atoms with Gasteiger partial charge in [-0.25, -0.2) is 0 Å². The summed E-state index contributed by atoms with van der Waals surface area (Å²) in [7, 11) is -7.71. The Kier molecular flexibility index (Phi) is 7.98. The molecular weight excluding hydrogens is 468 g/mol. The Morgan fingerprint density at radius 2 is 1.06 bits per heavy atom. The molecule has 1 aliphatic heterocycles. The van der Waals surface area contributed by atoms with E-state index in [0.717, 1.165) is 23.6 Å². The first kappa shape index (κ1) is 25.8. The standard InChI is InChI=1S/C23H30O8S2/c1-23(2)28-21(19(30-32(3,24)25)15-17-11-7-5-8-12-17)22(29-23)20(31-33(4,26)27)16-18-13-9-6-10-14-18/h5-14,19-22H,15-16H2,1-4H3/t19-,20-,21+,22+/m1/s1. The highest BCUT2D eigenvalue weighted by Crippen LogP contribution is 2.36. The van der Waals surface area contributed by atoms with Crippen LogP contribution >= 0.6 is 0 Å². The smallest absolute Gasteiger partial charge is 0.264 e. The van der Waals surface area contributed by atoms with Crippen LogP contribution < -0.4 is 0 Å². The molecule has 10 heteroatoms. The number of benzene rings is 2. The van der Waals surface area contributed by atoms with Crippen molar-refractivity contribution in [3.8, 4) is 0 Å². The van der Waals surface area contributed by atoms with Crippen molar-refractivity contribution < 1.29 is 34.7 Å². The van der Waals surface area contributed by atoms with E-state index in [4.69, 9.17) is 17.8 Å². The van der Waals surface area contributed by atoms with Crippen LogP contribution in [0.1, 0.15) is 25.0 Å². The van der Waals surface area contributed by atoms with Crippen molar-refractivity contribution in [1.82, 2.24) is 0 Å². The van der Waals surface area contributed by atoms with Gasteiger partial charge in [-0.1, -0.05) is 60.7 Å². The van der Waals surface area contributed by atoms with Gasteiger partial charge in [0.25, 0.3) is 20.2 Å². The predicted octanol–water partition coefficient (Wildman–Crippen LogP) is 2.68. The second-order valence-corrected chi connectivity index (χ2v) is 11.8. The van der Waals surface area contributed by atoms with Crippen molar-refractivity contribution in [3.05, 3.63) is 71.8 Å². The molecule has 0 N–H and O–H groups in total. The van der Waals surface area contributed by atoms with Crippen molar-refractivity contribution in [2.75, 3.05) is 12.5 Å². The molecule has 0 amide bonds. The summed E-state index contributed by atoms with van der Waals surface area (Å²) in [5, 5.41) is 0. The minimum Gasteiger partial charge on any atom is -0.342 e. The lowest BCUT2D eigenvalue weighted by Gasteiger charge is -2.30. The zero-order chi connectivity index (χ0) is 24.3. The van der Waals surface area contributed by atoms with Crippen molar-refractivity contribution >= 4 is 20.2 Å². The van der Waals surface area contributed by atoms with Gasteiger partial charge in [0.05, 0.1) is 12.5 Å². The Hall–Kier alpha value is -1.82. The fraction of sp³-hybridized carbons (Fsp3) is 0.478. The van der Waals surface area contributed by atoms with E-state index in [2.05, 4.69) is 0 Å². The van der Waals surface area contributed by atoms with Crippen LogP contribution in [0.3, 0.4) is 0 Å². The summed E-state index contributed by atoms with van der Waals surface area (Å²) in [5.41, 5.74) is 1.67. The lowest BCUT2D eigenvalue weighted by Crippen LogP contribution is -2.47. The summed E-state index contributed by atoms with van der Waals surface area (Å²) in [6.45, 7) is 3.36. The summed E-state index contributed by atoms with van der Waals surface area (Å²) >= 11 is 0. The first-order valence-electron chi connectivity index (χ1n) is 10.5. The van der Waals surface area contributed by atoms with Crippen LogP contribution in [0.5, 0.6) is 0 Å². The zero-order valence-electron chi connectivity index (χ0n) is 19.1. The van der Waals surface area contributed by atoms with Gasteiger partial charge < -0.3 is 9.47 Å². The molecule has 33 heavy (non-hydrogen) atoms. The molecule has 0 unspecified atom stereocenters. The van der Waals surface area contributed by atoms with Gasteiger partial charge in [-0.05, 0) is 25.0 Å². The van der Waals surface area contributed by atoms with Gasteiger partial charge in [-0.3, -0.25) is 8.37 Å². The Morgan fingerprint density at radius 3 is 1.36 bits per heavy atom. The van der Waals surface area contributed by atoms with Crippen molar-refractivity contribution in [2.45, 2.75) is 56.9 Å². The average molecular weight is 499 g/mol. The largest absolute Gasteiger partial charge is 0.342 e. The van der Waals surface area contributed by atoms with E-state index in [1.807, 2.05) is 60.7 Å². The Morgan fingerprint density at radius 1 is 0.727 bits per heavy atom. The van der Waals surface area contributed by atoms with E-state index in [9.17, 15) is 16.8 Å². The highest BCUT2D eigenvalue weighted by Gasteiger charge is 2.50. The fourth-order valence-corrected chi connectivity index (χ4v) is 5.20.